The van der Waals surface area contributed by atoms with Crippen LogP contribution >= 0.6 is 27.3 Å². The quantitative estimate of drug-likeness (QED) is 0.551. The summed E-state index contributed by atoms with van der Waals surface area (Å²) in [7, 11) is 0. The summed E-state index contributed by atoms with van der Waals surface area (Å²) in [5.74, 6) is -1.71. The molecule has 0 aliphatic carbocycles. The molecule has 138 valence electrons. The maximum Gasteiger partial charge on any atom is 0.333 e. The van der Waals surface area contributed by atoms with Gasteiger partial charge in [0, 0.05) is 17.4 Å². The highest BCUT2D eigenvalue weighted by Gasteiger charge is 2.36. The Labute approximate surface area is 163 Å². The molecule has 0 saturated heterocycles. The summed E-state index contributed by atoms with van der Waals surface area (Å²) < 4.78 is 0.730. The molecule has 0 radical (unpaired) electrons. The normalized spacial score (nSPS) is 12.8. The molecule has 1 aromatic heterocycles. The van der Waals surface area contributed by atoms with Gasteiger partial charge >= 0.3 is 5.97 Å². The Morgan fingerprint density at radius 1 is 1.23 bits per heavy atom. The molecule has 2 rings (SSSR count). The number of benzene rings is 1. The molecule has 0 bridgehead atoms. The molecule has 8 heteroatoms. The van der Waals surface area contributed by atoms with Crippen LogP contribution in [0.3, 0.4) is 0 Å². The predicted molar refractivity (Wildman–Crippen MR) is 103 cm³/mol. The Bertz CT molecular complexity index is 794. The maximum atomic E-state index is 12.2. The topological polar surface area (TPSA) is 95.5 Å². The van der Waals surface area contributed by atoms with Crippen LogP contribution in [-0.2, 0) is 15.1 Å². The smallest absolute Gasteiger partial charge is 0.333 e. The lowest BCUT2D eigenvalue weighted by molar-refractivity contribution is -0.147. The first-order valence-corrected chi connectivity index (χ1v) is 9.62. The fraction of sp³-hybridized carbons (Fsp3) is 0.278. The van der Waals surface area contributed by atoms with Crippen LogP contribution in [0.2, 0.25) is 0 Å². The minimum Gasteiger partial charge on any atom is -0.479 e. The Hall–Kier alpha value is -2.19. The average molecular weight is 439 g/mol. The third kappa shape index (κ3) is 5.15. The van der Waals surface area contributed by atoms with Crippen LogP contribution in [0.4, 0.5) is 0 Å². The summed E-state index contributed by atoms with van der Waals surface area (Å²) >= 11 is 4.65. The molecule has 0 fully saturated rings. The molecule has 1 heterocycles. The van der Waals surface area contributed by atoms with Crippen molar-refractivity contribution in [3.63, 3.8) is 0 Å². The molecular formula is C18H19BrN2O4S. The molecule has 3 N–H and O–H groups in total. The number of carbonyl (C=O) groups excluding carboxylic acids is 2. The van der Waals surface area contributed by atoms with Gasteiger partial charge in [-0.2, -0.15) is 0 Å². The first kappa shape index (κ1) is 20.1. The van der Waals surface area contributed by atoms with E-state index in [-0.39, 0.29) is 18.2 Å². The van der Waals surface area contributed by atoms with Gasteiger partial charge in [0.15, 0.2) is 5.54 Å². The number of carboxylic acids is 1. The summed E-state index contributed by atoms with van der Waals surface area (Å²) in [4.78, 5) is 36.3. The van der Waals surface area contributed by atoms with E-state index in [1.807, 2.05) is 5.38 Å². The number of thiophene rings is 1. The molecule has 0 saturated carbocycles. The number of halogens is 1. The van der Waals surface area contributed by atoms with Gasteiger partial charge in [0.1, 0.15) is 0 Å². The van der Waals surface area contributed by atoms with E-state index in [9.17, 15) is 19.5 Å². The van der Waals surface area contributed by atoms with E-state index in [0.29, 0.717) is 23.4 Å². The van der Waals surface area contributed by atoms with E-state index in [4.69, 9.17) is 0 Å². The van der Waals surface area contributed by atoms with Gasteiger partial charge in [-0.05, 0) is 42.5 Å². The van der Waals surface area contributed by atoms with Crippen LogP contribution in [0.5, 0.6) is 0 Å². The Balaban J connectivity index is 1.88. The summed E-state index contributed by atoms with van der Waals surface area (Å²) in [5.41, 5.74) is -1.06. The van der Waals surface area contributed by atoms with Crippen LogP contribution in [-0.4, -0.2) is 29.4 Å². The minimum atomic E-state index is -1.53. The van der Waals surface area contributed by atoms with Crippen molar-refractivity contribution >= 4 is 45.1 Å². The molecule has 1 atom stereocenters. The number of hydrogen-bond donors (Lipinski definition) is 3. The van der Waals surface area contributed by atoms with E-state index >= 15 is 0 Å². The van der Waals surface area contributed by atoms with Gasteiger partial charge < -0.3 is 15.7 Å². The number of carboxylic acid groups (broad SMARTS) is 1. The molecular weight excluding hydrogens is 420 g/mol. The SMILES string of the molecule is CC(NC(=O)CCCNC(=O)c1cccs1)(C(=O)O)c1cccc(Br)c1. The molecule has 0 aliphatic rings. The van der Waals surface area contributed by atoms with Gasteiger partial charge in [-0.15, -0.1) is 11.3 Å². The third-order valence-corrected chi connectivity index (χ3v) is 5.19. The van der Waals surface area contributed by atoms with Crippen molar-refractivity contribution in [2.45, 2.75) is 25.3 Å². The lowest BCUT2D eigenvalue weighted by atomic mass is 9.92. The highest BCUT2D eigenvalue weighted by molar-refractivity contribution is 9.10. The summed E-state index contributed by atoms with van der Waals surface area (Å²) in [6, 6.07) is 10.3. The van der Waals surface area contributed by atoms with E-state index in [2.05, 4.69) is 26.6 Å². The van der Waals surface area contributed by atoms with Gasteiger partial charge in [-0.25, -0.2) is 4.79 Å². The van der Waals surface area contributed by atoms with Gasteiger partial charge in [0.05, 0.1) is 4.88 Å². The Morgan fingerprint density at radius 3 is 2.62 bits per heavy atom. The van der Waals surface area contributed by atoms with Crippen molar-refractivity contribution < 1.29 is 19.5 Å². The van der Waals surface area contributed by atoms with Crippen LogP contribution in [0.15, 0.2) is 46.3 Å². The van der Waals surface area contributed by atoms with E-state index < -0.39 is 11.5 Å². The van der Waals surface area contributed by atoms with Crippen LogP contribution in [0, 0.1) is 0 Å². The molecule has 6 nitrogen and oxygen atoms in total. The molecule has 0 spiro atoms. The Kier molecular flexibility index (Phi) is 6.93. The number of amides is 2. The number of carbonyl (C=O) groups is 3. The summed E-state index contributed by atoms with van der Waals surface area (Å²) in [5, 5.41) is 16.7. The fourth-order valence-corrected chi connectivity index (χ4v) is 3.37. The van der Waals surface area contributed by atoms with Gasteiger partial charge in [-0.1, -0.05) is 34.1 Å². The summed E-state index contributed by atoms with van der Waals surface area (Å²) in [6.45, 7) is 1.79. The van der Waals surface area contributed by atoms with E-state index in [1.165, 1.54) is 18.3 Å². The molecule has 1 aromatic carbocycles. The molecule has 26 heavy (non-hydrogen) atoms. The average Bonchev–Trinajstić information content (AvgIpc) is 3.13. The number of rotatable bonds is 8. The monoisotopic (exact) mass is 438 g/mol. The van der Waals surface area contributed by atoms with Crippen molar-refractivity contribution in [1.29, 1.82) is 0 Å². The summed E-state index contributed by atoms with van der Waals surface area (Å²) in [6.07, 6.45) is 0.527. The second-order valence-electron chi connectivity index (χ2n) is 5.83. The van der Waals surface area contributed by atoms with E-state index in [1.54, 1.807) is 36.4 Å². The van der Waals surface area contributed by atoms with Crippen molar-refractivity contribution in [2.24, 2.45) is 0 Å². The first-order chi connectivity index (χ1) is 12.3. The number of aliphatic carboxylic acids is 1. The lowest BCUT2D eigenvalue weighted by Gasteiger charge is -2.27. The third-order valence-electron chi connectivity index (χ3n) is 3.83. The van der Waals surface area contributed by atoms with Crippen molar-refractivity contribution in [1.82, 2.24) is 10.6 Å². The predicted octanol–water partition coefficient (Wildman–Crippen LogP) is 3.14. The standard InChI is InChI=1S/C18H19BrN2O4S/c1-18(17(24)25,12-5-2-6-13(19)11-12)21-15(22)8-3-9-20-16(23)14-7-4-10-26-14/h2,4-7,10-11H,3,8-9H2,1H3,(H,20,23)(H,21,22)(H,24,25). The van der Waals surface area contributed by atoms with Crippen molar-refractivity contribution in [3.05, 3.63) is 56.7 Å². The van der Waals surface area contributed by atoms with Crippen LogP contribution in [0.1, 0.15) is 35.0 Å². The lowest BCUT2D eigenvalue weighted by Crippen LogP contribution is -2.49. The van der Waals surface area contributed by atoms with Crippen molar-refractivity contribution in [2.75, 3.05) is 6.54 Å². The maximum absolute atomic E-state index is 12.2. The first-order valence-electron chi connectivity index (χ1n) is 7.95. The zero-order valence-electron chi connectivity index (χ0n) is 14.1. The number of nitrogens with one attached hydrogen (secondary N) is 2. The minimum absolute atomic E-state index is 0.113. The van der Waals surface area contributed by atoms with Gasteiger partial charge in [0.25, 0.3) is 5.91 Å². The zero-order chi connectivity index (χ0) is 19.2. The Morgan fingerprint density at radius 2 is 2.00 bits per heavy atom. The molecule has 2 amide bonds. The van der Waals surface area contributed by atoms with Crippen molar-refractivity contribution in [3.8, 4) is 0 Å². The van der Waals surface area contributed by atoms with E-state index in [0.717, 1.165) is 4.47 Å². The largest absolute Gasteiger partial charge is 0.479 e. The van der Waals surface area contributed by atoms with Crippen LogP contribution < -0.4 is 10.6 Å². The van der Waals surface area contributed by atoms with Gasteiger partial charge in [-0.3, -0.25) is 9.59 Å². The molecule has 0 aliphatic heterocycles. The highest BCUT2D eigenvalue weighted by Crippen LogP contribution is 2.24. The van der Waals surface area contributed by atoms with Gasteiger partial charge in [0.2, 0.25) is 5.91 Å². The number of hydrogen-bond acceptors (Lipinski definition) is 4. The zero-order valence-corrected chi connectivity index (χ0v) is 16.5. The molecule has 2 aromatic rings. The second kappa shape index (κ2) is 8.95. The second-order valence-corrected chi connectivity index (χ2v) is 7.69. The highest BCUT2D eigenvalue weighted by atomic mass is 79.9. The fourth-order valence-electron chi connectivity index (χ4n) is 2.34. The molecule has 1 unspecified atom stereocenters. The van der Waals surface area contributed by atoms with Crippen LogP contribution in [0.25, 0.3) is 0 Å².